The van der Waals surface area contributed by atoms with Gasteiger partial charge in [-0.15, -0.1) is 11.6 Å². The van der Waals surface area contributed by atoms with Gasteiger partial charge in [0.15, 0.2) is 0 Å². The molecule has 2 aromatic rings. The van der Waals surface area contributed by atoms with Crippen molar-refractivity contribution in [3.63, 3.8) is 0 Å². The quantitative estimate of drug-likeness (QED) is 0.748. The number of halogens is 1. The first kappa shape index (κ1) is 16.8. The van der Waals surface area contributed by atoms with Crippen LogP contribution in [0.1, 0.15) is 17.5 Å². The van der Waals surface area contributed by atoms with Gasteiger partial charge in [0, 0.05) is 25.2 Å². The minimum absolute atomic E-state index is 0.345. The Hall–Kier alpha value is -2.00. The molecule has 0 bridgehead atoms. The van der Waals surface area contributed by atoms with Crippen molar-refractivity contribution in [2.24, 2.45) is 4.99 Å². The first-order valence-corrected chi connectivity index (χ1v) is 8.91. The molecule has 3 rings (SSSR count). The van der Waals surface area contributed by atoms with Crippen LogP contribution in [0.15, 0.2) is 53.5 Å². The lowest BCUT2D eigenvalue weighted by molar-refractivity contribution is 0.506. The van der Waals surface area contributed by atoms with Crippen LogP contribution in [0.25, 0.3) is 0 Å². The third-order valence-corrected chi connectivity index (χ3v) is 4.75. The number of alkyl halides is 1. The number of aryl methyl sites for hydroxylation is 2. The number of aliphatic imine (C=N–C) groups is 1. The molecule has 0 aliphatic carbocycles. The third-order valence-electron chi connectivity index (χ3n) is 4.53. The first-order chi connectivity index (χ1) is 11.6. The Bertz CT molecular complexity index is 707. The van der Waals surface area contributed by atoms with Gasteiger partial charge in [-0.25, -0.2) is 4.99 Å². The summed E-state index contributed by atoms with van der Waals surface area (Å²) < 4.78 is 0. The van der Waals surface area contributed by atoms with E-state index >= 15 is 0 Å². The Morgan fingerprint density at radius 2 is 1.71 bits per heavy atom. The SMILES string of the molecule is Cc1cccc(C)c1/N=C1/N(C)CC(CCCl)N1c1ccccc1. The van der Waals surface area contributed by atoms with Crippen molar-refractivity contribution in [1.82, 2.24) is 4.90 Å². The summed E-state index contributed by atoms with van der Waals surface area (Å²) in [6, 6.07) is 17.1. The van der Waals surface area contributed by atoms with Crippen LogP contribution in [0.5, 0.6) is 0 Å². The standard InChI is InChI=1S/C20H24ClN3/c1-15-8-7-9-16(2)19(15)22-20-23(3)14-18(12-13-21)24(20)17-10-5-4-6-11-17/h4-11,18H,12-14H2,1-3H3/b22-20-. The maximum absolute atomic E-state index is 6.06. The van der Waals surface area contributed by atoms with Gasteiger partial charge in [-0.2, -0.15) is 0 Å². The van der Waals surface area contributed by atoms with E-state index in [1.165, 1.54) is 16.8 Å². The van der Waals surface area contributed by atoms with Gasteiger partial charge in [-0.05, 0) is 43.5 Å². The second-order valence-electron chi connectivity index (χ2n) is 6.37. The monoisotopic (exact) mass is 341 g/mol. The summed E-state index contributed by atoms with van der Waals surface area (Å²) in [6.07, 6.45) is 0.937. The van der Waals surface area contributed by atoms with Crippen molar-refractivity contribution < 1.29 is 0 Å². The number of benzene rings is 2. The summed E-state index contributed by atoms with van der Waals surface area (Å²) in [7, 11) is 2.11. The largest absolute Gasteiger partial charge is 0.343 e. The molecule has 0 spiro atoms. The molecule has 24 heavy (non-hydrogen) atoms. The number of guanidine groups is 1. The maximum atomic E-state index is 6.06. The molecule has 1 atom stereocenters. The molecule has 3 nitrogen and oxygen atoms in total. The molecular weight excluding hydrogens is 318 g/mol. The number of hydrogen-bond acceptors (Lipinski definition) is 1. The topological polar surface area (TPSA) is 18.8 Å². The van der Waals surface area contributed by atoms with Crippen LogP contribution in [-0.2, 0) is 0 Å². The van der Waals surface area contributed by atoms with Crippen molar-refractivity contribution in [3.05, 3.63) is 59.7 Å². The van der Waals surface area contributed by atoms with Gasteiger partial charge < -0.3 is 9.80 Å². The Balaban J connectivity index is 2.08. The lowest BCUT2D eigenvalue weighted by atomic mass is 10.1. The molecule has 126 valence electrons. The molecule has 4 heteroatoms. The summed E-state index contributed by atoms with van der Waals surface area (Å²) in [5, 5.41) is 0. The van der Waals surface area contributed by atoms with Gasteiger partial charge in [0.05, 0.1) is 11.7 Å². The molecule has 1 heterocycles. The van der Waals surface area contributed by atoms with Crippen LogP contribution in [0.2, 0.25) is 0 Å². The van der Waals surface area contributed by atoms with Gasteiger partial charge in [0.25, 0.3) is 0 Å². The third kappa shape index (κ3) is 3.27. The van der Waals surface area contributed by atoms with E-state index in [9.17, 15) is 0 Å². The van der Waals surface area contributed by atoms with Crippen LogP contribution in [0.3, 0.4) is 0 Å². The van der Waals surface area contributed by atoms with Crippen LogP contribution in [0, 0.1) is 13.8 Å². The molecule has 1 aliphatic rings. The number of likely N-dealkylation sites (N-methyl/N-ethyl adjacent to an activating group) is 1. The molecule has 0 amide bonds. The lowest BCUT2D eigenvalue weighted by Gasteiger charge is -2.26. The minimum atomic E-state index is 0.345. The average Bonchev–Trinajstić information content (AvgIpc) is 2.88. The summed E-state index contributed by atoms with van der Waals surface area (Å²) in [5.74, 6) is 1.65. The normalized spacial score (nSPS) is 19.3. The zero-order chi connectivity index (χ0) is 17.1. The van der Waals surface area contributed by atoms with Crippen molar-refractivity contribution in [2.75, 3.05) is 24.4 Å². The first-order valence-electron chi connectivity index (χ1n) is 8.38. The Morgan fingerprint density at radius 1 is 1.04 bits per heavy atom. The summed E-state index contributed by atoms with van der Waals surface area (Å²) in [4.78, 5) is 9.61. The molecule has 0 radical (unpaired) electrons. The van der Waals surface area contributed by atoms with E-state index in [1.54, 1.807) is 0 Å². The average molecular weight is 342 g/mol. The van der Waals surface area contributed by atoms with E-state index in [4.69, 9.17) is 16.6 Å². The van der Waals surface area contributed by atoms with Crippen molar-refractivity contribution in [1.29, 1.82) is 0 Å². The molecule has 1 aliphatic heterocycles. The molecule has 1 unspecified atom stereocenters. The van der Waals surface area contributed by atoms with E-state index in [1.807, 2.05) is 6.07 Å². The maximum Gasteiger partial charge on any atom is 0.206 e. The molecule has 0 saturated carbocycles. The highest BCUT2D eigenvalue weighted by Gasteiger charge is 2.34. The van der Waals surface area contributed by atoms with Crippen LogP contribution < -0.4 is 4.90 Å². The fourth-order valence-corrected chi connectivity index (χ4v) is 3.56. The molecular formula is C20H24ClN3. The van der Waals surface area contributed by atoms with Crippen LogP contribution in [-0.4, -0.2) is 36.4 Å². The van der Waals surface area contributed by atoms with Gasteiger partial charge in [-0.1, -0.05) is 36.4 Å². The predicted molar refractivity (Wildman–Crippen MR) is 104 cm³/mol. The molecule has 1 fully saturated rings. The number of para-hydroxylation sites is 2. The molecule has 0 aromatic heterocycles. The lowest BCUT2D eigenvalue weighted by Crippen LogP contribution is -2.35. The van der Waals surface area contributed by atoms with E-state index in [-0.39, 0.29) is 0 Å². The van der Waals surface area contributed by atoms with Crippen molar-refractivity contribution >= 4 is 28.9 Å². The highest BCUT2D eigenvalue weighted by molar-refractivity contribution is 6.18. The number of anilines is 1. The fraction of sp³-hybridized carbons (Fsp3) is 0.350. The van der Waals surface area contributed by atoms with Gasteiger partial charge >= 0.3 is 0 Å². The van der Waals surface area contributed by atoms with Crippen LogP contribution >= 0.6 is 11.6 Å². The highest BCUT2D eigenvalue weighted by atomic mass is 35.5. The highest BCUT2D eigenvalue weighted by Crippen LogP contribution is 2.30. The van der Waals surface area contributed by atoms with Crippen molar-refractivity contribution in [3.8, 4) is 0 Å². The molecule has 1 saturated heterocycles. The van der Waals surface area contributed by atoms with E-state index in [0.29, 0.717) is 11.9 Å². The molecule has 2 aromatic carbocycles. The second-order valence-corrected chi connectivity index (χ2v) is 6.75. The Labute approximate surface area is 149 Å². The van der Waals surface area contributed by atoms with E-state index < -0.39 is 0 Å². The van der Waals surface area contributed by atoms with E-state index in [0.717, 1.165) is 24.6 Å². The fourth-order valence-electron chi connectivity index (χ4n) is 3.31. The summed E-state index contributed by atoms with van der Waals surface area (Å²) >= 11 is 6.06. The zero-order valence-electron chi connectivity index (χ0n) is 14.5. The zero-order valence-corrected chi connectivity index (χ0v) is 15.3. The predicted octanol–water partition coefficient (Wildman–Crippen LogP) is 4.74. The number of rotatable bonds is 4. The van der Waals surface area contributed by atoms with Gasteiger partial charge in [0.1, 0.15) is 0 Å². The minimum Gasteiger partial charge on any atom is -0.343 e. The molecule has 0 N–H and O–H groups in total. The van der Waals surface area contributed by atoms with Crippen LogP contribution in [0.4, 0.5) is 11.4 Å². The van der Waals surface area contributed by atoms with Gasteiger partial charge in [0.2, 0.25) is 5.96 Å². The van der Waals surface area contributed by atoms with Gasteiger partial charge in [-0.3, -0.25) is 0 Å². The Morgan fingerprint density at radius 3 is 2.33 bits per heavy atom. The van der Waals surface area contributed by atoms with Crippen molar-refractivity contribution in [2.45, 2.75) is 26.3 Å². The van der Waals surface area contributed by atoms with E-state index in [2.05, 4.69) is 73.2 Å². The smallest absolute Gasteiger partial charge is 0.206 e. The Kier molecular flexibility index (Phi) is 5.10. The summed E-state index contributed by atoms with van der Waals surface area (Å²) in [6.45, 7) is 5.17. The summed E-state index contributed by atoms with van der Waals surface area (Å²) in [5.41, 5.74) is 4.63. The number of nitrogens with zero attached hydrogens (tertiary/aromatic N) is 3. The number of hydrogen-bond donors (Lipinski definition) is 0. The second kappa shape index (κ2) is 7.27.